The molecule has 0 fully saturated rings. The minimum atomic E-state index is -0.744. The summed E-state index contributed by atoms with van der Waals surface area (Å²) in [7, 11) is -0.744. The summed E-state index contributed by atoms with van der Waals surface area (Å²) in [5, 5.41) is 0. The maximum Gasteiger partial charge on any atom is 0.160 e. The van der Waals surface area contributed by atoms with E-state index >= 15 is 0 Å². The van der Waals surface area contributed by atoms with E-state index in [1.165, 1.54) is 5.57 Å². The Bertz CT molecular complexity index is 61.1. The van der Waals surface area contributed by atoms with E-state index in [4.69, 9.17) is 4.80 Å². The van der Waals surface area contributed by atoms with Gasteiger partial charge in [-0.25, -0.2) is 0 Å². The quantitative estimate of drug-likeness (QED) is 0.419. The zero-order valence-corrected chi connectivity index (χ0v) is 6.19. The molecule has 0 spiro atoms. The third kappa shape index (κ3) is 3.75. The highest BCUT2D eigenvalue weighted by Crippen LogP contribution is 1.99. The first-order valence-corrected chi connectivity index (χ1v) is 4.22. The standard InChI is InChI=1S/C5H12OSi/c1-3-5(2)4-7-6/h6H,2-4,7H2,1H3. The van der Waals surface area contributed by atoms with Crippen molar-refractivity contribution in [3.05, 3.63) is 12.2 Å². The van der Waals surface area contributed by atoms with E-state index in [1.54, 1.807) is 0 Å². The lowest BCUT2D eigenvalue weighted by molar-refractivity contribution is 0.603. The summed E-state index contributed by atoms with van der Waals surface area (Å²) in [5.41, 5.74) is 1.19. The maximum absolute atomic E-state index is 8.45. The maximum atomic E-state index is 8.45. The van der Waals surface area contributed by atoms with E-state index in [9.17, 15) is 0 Å². The van der Waals surface area contributed by atoms with Crippen LogP contribution in [0.1, 0.15) is 13.3 Å². The molecule has 0 heterocycles. The van der Waals surface area contributed by atoms with E-state index in [2.05, 4.69) is 13.5 Å². The van der Waals surface area contributed by atoms with Crippen LogP contribution >= 0.6 is 0 Å². The van der Waals surface area contributed by atoms with Gasteiger partial charge in [0.1, 0.15) is 0 Å². The summed E-state index contributed by atoms with van der Waals surface area (Å²) in [6, 6.07) is 0.899. The van der Waals surface area contributed by atoms with Crippen LogP contribution in [0.5, 0.6) is 0 Å². The van der Waals surface area contributed by atoms with Gasteiger partial charge in [-0.1, -0.05) is 12.5 Å². The highest BCUT2D eigenvalue weighted by Gasteiger charge is 1.85. The van der Waals surface area contributed by atoms with Crippen LogP contribution in [-0.4, -0.2) is 14.6 Å². The Balaban J connectivity index is 3.00. The van der Waals surface area contributed by atoms with Crippen molar-refractivity contribution in [1.29, 1.82) is 0 Å². The van der Waals surface area contributed by atoms with Crippen molar-refractivity contribution in [2.24, 2.45) is 0 Å². The molecule has 0 aromatic rings. The van der Waals surface area contributed by atoms with Crippen molar-refractivity contribution < 1.29 is 4.80 Å². The first-order chi connectivity index (χ1) is 3.31. The number of rotatable bonds is 3. The number of hydrogen-bond donors (Lipinski definition) is 1. The summed E-state index contributed by atoms with van der Waals surface area (Å²) in [4.78, 5) is 8.45. The Labute approximate surface area is 47.0 Å². The second-order valence-corrected chi connectivity index (χ2v) is 2.52. The molecule has 2 heteroatoms. The highest BCUT2D eigenvalue weighted by molar-refractivity contribution is 6.26. The van der Waals surface area contributed by atoms with Crippen molar-refractivity contribution in [1.82, 2.24) is 0 Å². The fourth-order valence-electron chi connectivity index (χ4n) is 0.335. The largest absolute Gasteiger partial charge is 0.438 e. The molecule has 0 radical (unpaired) electrons. The van der Waals surface area contributed by atoms with Crippen LogP contribution in [0.2, 0.25) is 6.04 Å². The molecule has 0 aliphatic heterocycles. The Kier molecular flexibility index (Phi) is 4.04. The summed E-state index contributed by atoms with van der Waals surface area (Å²) >= 11 is 0. The van der Waals surface area contributed by atoms with Gasteiger partial charge < -0.3 is 4.80 Å². The Morgan fingerprint density at radius 1 is 1.86 bits per heavy atom. The Hall–Kier alpha value is -0.0831. The van der Waals surface area contributed by atoms with Gasteiger partial charge in [0.2, 0.25) is 0 Å². The van der Waals surface area contributed by atoms with Crippen LogP contribution in [0.15, 0.2) is 12.2 Å². The van der Waals surface area contributed by atoms with Crippen molar-refractivity contribution in [3.63, 3.8) is 0 Å². The molecule has 0 unspecified atom stereocenters. The van der Waals surface area contributed by atoms with Crippen molar-refractivity contribution >= 4 is 9.76 Å². The molecule has 1 nitrogen and oxygen atoms in total. The molecule has 0 aliphatic rings. The molecule has 0 rings (SSSR count). The molecule has 0 aliphatic carbocycles. The minimum Gasteiger partial charge on any atom is -0.438 e. The van der Waals surface area contributed by atoms with Crippen LogP contribution in [0, 0.1) is 0 Å². The summed E-state index contributed by atoms with van der Waals surface area (Å²) < 4.78 is 0. The normalized spacial score (nSPS) is 10.6. The second kappa shape index (κ2) is 4.09. The van der Waals surface area contributed by atoms with Crippen molar-refractivity contribution in [2.75, 3.05) is 0 Å². The Morgan fingerprint density at radius 3 is 2.57 bits per heavy atom. The molecule has 0 atom stereocenters. The molecule has 0 saturated carbocycles. The van der Waals surface area contributed by atoms with Gasteiger partial charge in [-0.15, -0.1) is 6.58 Å². The van der Waals surface area contributed by atoms with Crippen LogP contribution < -0.4 is 0 Å². The molecule has 0 saturated heterocycles. The summed E-state index contributed by atoms with van der Waals surface area (Å²) in [5.74, 6) is 0. The molecule has 0 aromatic carbocycles. The average molecular weight is 116 g/mol. The minimum absolute atomic E-state index is 0.744. The van der Waals surface area contributed by atoms with E-state index in [0.717, 1.165) is 12.5 Å². The summed E-state index contributed by atoms with van der Waals surface area (Å²) in [6.07, 6.45) is 1.02. The zero-order valence-electron chi connectivity index (χ0n) is 4.78. The predicted molar refractivity (Wildman–Crippen MR) is 35.0 cm³/mol. The SMILES string of the molecule is C=C(CC)C[SiH2]O. The van der Waals surface area contributed by atoms with Gasteiger partial charge in [0, 0.05) is 0 Å². The van der Waals surface area contributed by atoms with Crippen LogP contribution in [0.3, 0.4) is 0 Å². The fourth-order valence-corrected chi connectivity index (χ4v) is 1.00. The number of hydrogen-bond acceptors (Lipinski definition) is 1. The summed E-state index contributed by atoms with van der Waals surface area (Å²) in [6.45, 7) is 5.80. The van der Waals surface area contributed by atoms with Crippen LogP contribution in [0.4, 0.5) is 0 Å². The first-order valence-electron chi connectivity index (χ1n) is 2.58. The molecular weight excluding hydrogens is 104 g/mol. The van der Waals surface area contributed by atoms with Gasteiger partial charge in [-0.05, 0) is 12.5 Å². The van der Waals surface area contributed by atoms with Gasteiger partial charge >= 0.3 is 0 Å². The molecule has 7 heavy (non-hydrogen) atoms. The van der Waals surface area contributed by atoms with E-state index in [0.29, 0.717) is 0 Å². The molecule has 0 amide bonds. The van der Waals surface area contributed by atoms with E-state index < -0.39 is 9.76 Å². The van der Waals surface area contributed by atoms with Crippen LogP contribution in [0.25, 0.3) is 0 Å². The number of allylic oxidation sites excluding steroid dienone is 1. The topological polar surface area (TPSA) is 20.2 Å². The molecule has 0 bridgehead atoms. The smallest absolute Gasteiger partial charge is 0.160 e. The second-order valence-electron chi connectivity index (χ2n) is 1.58. The van der Waals surface area contributed by atoms with Gasteiger partial charge in [0.15, 0.2) is 9.76 Å². The third-order valence-corrected chi connectivity index (χ3v) is 1.90. The lowest BCUT2D eigenvalue weighted by Crippen LogP contribution is -1.86. The van der Waals surface area contributed by atoms with Crippen LogP contribution in [-0.2, 0) is 0 Å². The molecule has 42 valence electrons. The van der Waals surface area contributed by atoms with Crippen molar-refractivity contribution in [2.45, 2.75) is 19.4 Å². The molecule has 0 aromatic heterocycles. The lowest BCUT2D eigenvalue weighted by Gasteiger charge is -1.92. The van der Waals surface area contributed by atoms with Gasteiger partial charge in [0.05, 0.1) is 0 Å². The lowest BCUT2D eigenvalue weighted by atomic mass is 10.3. The molecular formula is C5H12OSi. The third-order valence-electron chi connectivity index (χ3n) is 0.965. The first kappa shape index (κ1) is 6.92. The predicted octanol–water partition coefficient (Wildman–Crippen LogP) is 0.447. The average Bonchev–Trinajstić information content (AvgIpc) is 1.68. The monoisotopic (exact) mass is 116 g/mol. The van der Waals surface area contributed by atoms with Gasteiger partial charge in [-0.2, -0.15) is 0 Å². The van der Waals surface area contributed by atoms with Crippen molar-refractivity contribution in [3.8, 4) is 0 Å². The Morgan fingerprint density at radius 2 is 2.43 bits per heavy atom. The zero-order chi connectivity index (χ0) is 5.70. The van der Waals surface area contributed by atoms with E-state index in [1.807, 2.05) is 0 Å². The molecule has 1 N–H and O–H groups in total. The van der Waals surface area contributed by atoms with E-state index in [-0.39, 0.29) is 0 Å². The van der Waals surface area contributed by atoms with Gasteiger partial charge in [0.25, 0.3) is 0 Å². The van der Waals surface area contributed by atoms with Gasteiger partial charge in [-0.3, -0.25) is 0 Å². The highest BCUT2D eigenvalue weighted by atomic mass is 28.2. The fraction of sp³-hybridized carbons (Fsp3) is 0.600.